The molecule has 7 aliphatic rings. The molecule has 0 spiro atoms. The molecule has 320 valence electrons. The lowest BCUT2D eigenvalue weighted by atomic mass is 9.33. The minimum atomic E-state index is -1.77. The van der Waals surface area contributed by atoms with Gasteiger partial charge in [-0.05, 0) is 104 Å². The van der Waals surface area contributed by atoms with Gasteiger partial charge in [0, 0.05) is 5.41 Å². The molecule has 2 saturated heterocycles. The fourth-order valence-corrected chi connectivity index (χ4v) is 13.7. The molecule has 7 rings (SSSR count). The third-order valence-corrected chi connectivity index (χ3v) is 17.4. The van der Waals surface area contributed by atoms with Crippen LogP contribution in [0.15, 0.2) is 11.6 Å². The first kappa shape index (κ1) is 42.8. The highest BCUT2D eigenvalue weighted by Gasteiger charge is 2.70. The molecular weight excluding hydrogens is 728 g/mol. The molecule has 19 atom stereocenters. The zero-order valence-electron chi connectivity index (χ0n) is 33.9. The maximum absolute atomic E-state index is 13.0. The Morgan fingerprint density at radius 1 is 0.732 bits per heavy atom. The van der Waals surface area contributed by atoms with E-state index in [-0.39, 0.29) is 46.0 Å². The molecule has 14 heteroatoms. The first-order valence-electron chi connectivity index (χ1n) is 21.0. The van der Waals surface area contributed by atoms with E-state index in [1.807, 2.05) is 6.92 Å². The van der Waals surface area contributed by atoms with Gasteiger partial charge in [0.1, 0.15) is 48.8 Å². The Morgan fingerprint density at radius 3 is 2.00 bits per heavy atom. The van der Waals surface area contributed by atoms with Gasteiger partial charge in [-0.15, -0.1) is 0 Å². The second kappa shape index (κ2) is 14.7. The molecule has 0 aromatic carbocycles. The molecule has 4 saturated carbocycles. The van der Waals surface area contributed by atoms with Crippen molar-refractivity contribution in [1.29, 1.82) is 0 Å². The topological polar surface area (TPSA) is 236 Å². The van der Waals surface area contributed by atoms with Crippen LogP contribution in [0.25, 0.3) is 0 Å². The molecule has 0 bridgehead atoms. The lowest BCUT2D eigenvalue weighted by Crippen LogP contribution is -2.67. The van der Waals surface area contributed by atoms with Crippen LogP contribution >= 0.6 is 0 Å². The third-order valence-electron chi connectivity index (χ3n) is 17.4. The van der Waals surface area contributed by atoms with Crippen LogP contribution in [0.1, 0.15) is 106 Å². The number of hydrogen-bond donors (Lipinski definition) is 9. The zero-order chi connectivity index (χ0) is 41.0. The van der Waals surface area contributed by atoms with Crippen molar-refractivity contribution < 1.29 is 69.7 Å². The highest BCUT2D eigenvalue weighted by atomic mass is 16.7. The molecule has 0 aromatic heterocycles. The molecule has 0 aromatic rings. The average molecular weight is 797 g/mol. The summed E-state index contributed by atoms with van der Waals surface area (Å²) in [5.41, 5.74) is -0.474. The summed E-state index contributed by atoms with van der Waals surface area (Å²) in [5, 5.41) is 95.5. The number of rotatable bonds is 8. The van der Waals surface area contributed by atoms with Crippen molar-refractivity contribution in [2.45, 2.75) is 173 Å². The molecular formula is C42H68O14. The summed E-state index contributed by atoms with van der Waals surface area (Å²) in [6.45, 7) is 12.2. The van der Waals surface area contributed by atoms with Gasteiger partial charge in [0.25, 0.3) is 0 Å². The van der Waals surface area contributed by atoms with E-state index in [1.54, 1.807) is 0 Å². The number of fused-ring (bicyclic) bond motifs is 7. The minimum absolute atomic E-state index is 0.0138. The highest BCUT2D eigenvalue weighted by molar-refractivity contribution is 5.76. The Kier molecular flexibility index (Phi) is 11.3. The van der Waals surface area contributed by atoms with Gasteiger partial charge in [0.05, 0.1) is 31.3 Å². The molecule has 14 nitrogen and oxygen atoms in total. The minimum Gasteiger partial charge on any atom is -0.481 e. The molecule has 6 fully saturated rings. The molecule has 56 heavy (non-hydrogen) atoms. The van der Waals surface area contributed by atoms with Crippen molar-refractivity contribution >= 4 is 5.97 Å². The number of carbonyl (C=O) groups is 1. The Morgan fingerprint density at radius 2 is 1.36 bits per heavy atom. The van der Waals surface area contributed by atoms with E-state index < -0.39 is 97.5 Å². The number of carboxylic acid groups (broad SMARTS) is 1. The Bertz CT molecular complexity index is 1500. The Hall–Kier alpha value is -1.27. The van der Waals surface area contributed by atoms with Gasteiger partial charge in [-0.25, -0.2) is 0 Å². The summed E-state index contributed by atoms with van der Waals surface area (Å²) in [5.74, 6) is -0.324. The van der Waals surface area contributed by atoms with E-state index in [2.05, 4.69) is 40.7 Å². The van der Waals surface area contributed by atoms with E-state index in [0.717, 1.165) is 44.9 Å². The standard InChI is InChI=1S/C42H68O14/c1-37(2)13-15-42(36(51)52)16-14-40(5)21(22(42)17-37)7-8-26-38(3)11-10-27(39(4,20-45)25(38)9-12-41(26,40)6)55-34-32(50)30(48)33(24(19-44)54-34)56-35-31(49)29(47)28(46)23(18-43)53-35/h7,22-35,43-50H,8-20H2,1-6H3,(H,51,52)/t22-,23+,24+,25+,26+,27-,28-,29-,30+,31+,32+,33+,34-,35-,38-,39-,40+,41+,42-/m0/s1. The fraction of sp³-hybridized carbons (Fsp3) is 0.929. The predicted molar refractivity (Wildman–Crippen MR) is 199 cm³/mol. The second-order valence-electron chi connectivity index (χ2n) is 20.5. The predicted octanol–water partition coefficient (Wildman–Crippen LogP) is 1.85. The summed E-state index contributed by atoms with van der Waals surface area (Å²) < 4.78 is 23.8. The maximum Gasteiger partial charge on any atom is 0.310 e. The van der Waals surface area contributed by atoms with Crippen LogP contribution in [0.5, 0.6) is 0 Å². The molecule has 2 aliphatic heterocycles. The molecule has 0 unspecified atom stereocenters. The SMILES string of the molecule is CC1(C)CC[C@]2(C(=O)O)CC[C@]3(C)C(=CC[C@@H]4[C@@]5(C)CC[C@H](O[C@@H]6O[C@H](CO)[C@@H](O[C@@H]7O[C@H](CO)[C@H](O)[C@H](O)[C@H]7O)[C@H](O)[C@H]6O)[C@@](C)(CO)[C@@H]5CC[C@]43C)[C@@H]2C1. The quantitative estimate of drug-likeness (QED) is 0.126. The van der Waals surface area contributed by atoms with Crippen LogP contribution in [0, 0.1) is 50.2 Å². The molecule has 9 N–H and O–H groups in total. The van der Waals surface area contributed by atoms with E-state index >= 15 is 0 Å². The van der Waals surface area contributed by atoms with E-state index in [9.17, 15) is 50.8 Å². The largest absolute Gasteiger partial charge is 0.481 e. The van der Waals surface area contributed by atoms with E-state index in [0.29, 0.717) is 19.3 Å². The Balaban J connectivity index is 1.10. The van der Waals surface area contributed by atoms with E-state index in [1.165, 1.54) is 5.57 Å². The van der Waals surface area contributed by atoms with Crippen LogP contribution in [-0.4, -0.2) is 139 Å². The highest BCUT2D eigenvalue weighted by Crippen LogP contribution is 2.76. The van der Waals surface area contributed by atoms with Crippen molar-refractivity contribution in [2.24, 2.45) is 50.2 Å². The van der Waals surface area contributed by atoms with E-state index in [4.69, 9.17) is 18.9 Å². The smallest absolute Gasteiger partial charge is 0.310 e. The van der Waals surface area contributed by atoms with Crippen LogP contribution in [0.4, 0.5) is 0 Å². The first-order valence-corrected chi connectivity index (χ1v) is 21.0. The van der Waals surface area contributed by atoms with Crippen LogP contribution in [-0.2, 0) is 23.7 Å². The second-order valence-corrected chi connectivity index (χ2v) is 20.5. The van der Waals surface area contributed by atoms with Crippen LogP contribution in [0.2, 0.25) is 0 Å². The normalized spacial score (nSPS) is 54.1. The van der Waals surface area contributed by atoms with Crippen molar-refractivity contribution in [3.8, 4) is 0 Å². The summed E-state index contributed by atoms with van der Waals surface area (Å²) in [4.78, 5) is 13.0. The van der Waals surface area contributed by atoms with Gasteiger partial charge < -0.3 is 64.9 Å². The van der Waals surface area contributed by atoms with Crippen molar-refractivity contribution in [2.75, 3.05) is 19.8 Å². The van der Waals surface area contributed by atoms with Crippen LogP contribution in [0.3, 0.4) is 0 Å². The number of aliphatic hydroxyl groups is 8. The van der Waals surface area contributed by atoms with Crippen LogP contribution < -0.4 is 0 Å². The number of ether oxygens (including phenoxy) is 4. The third kappa shape index (κ3) is 6.21. The summed E-state index contributed by atoms with van der Waals surface area (Å²) >= 11 is 0. The molecule has 2 heterocycles. The summed E-state index contributed by atoms with van der Waals surface area (Å²) in [6, 6.07) is 0. The molecule has 5 aliphatic carbocycles. The van der Waals surface area contributed by atoms with Gasteiger partial charge >= 0.3 is 5.97 Å². The fourth-order valence-electron chi connectivity index (χ4n) is 13.7. The maximum atomic E-state index is 13.0. The average Bonchev–Trinajstić information content (AvgIpc) is 3.15. The number of hydrogen-bond acceptors (Lipinski definition) is 13. The summed E-state index contributed by atoms with van der Waals surface area (Å²) in [7, 11) is 0. The lowest BCUT2D eigenvalue weighted by molar-refractivity contribution is -0.369. The lowest BCUT2D eigenvalue weighted by Gasteiger charge is -2.71. The van der Waals surface area contributed by atoms with Crippen molar-refractivity contribution in [1.82, 2.24) is 0 Å². The number of aliphatic hydroxyl groups excluding tert-OH is 8. The first-order chi connectivity index (χ1) is 26.2. The van der Waals surface area contributed by atoms with Gasteiger partial charge in [0.2, 0.25) is 0 Å². The molecule has 0 radical (unpaired) electrons. The number of carboxylic acids is 1. The number of allylic oxidation sites excluding steroid dienone is 2. The van der Waals surface area contributed by atoms with Crippen molar-refractivity contribution in [3.63, 3.8) is 0 Å². The number of aliphatic carboxylic acids is 1. The monoisotopic (exact) mass is 796 g/mol. The van der Waals surface area contributed by atoms with Gasteiger partial charge in [0.15, 0.2) is 12.6 Å². The zero-order valence-corrected chi connectivity index (χ0v) is 33.9. The van der Waals surface area contributed by atoms with Gasteiger partial charge in [-0.2, -0.15) is 0 Å². The summed E-state index contributed by atoms with van der Waals surface area (Å²) in [6.07, 6.45) is -5.71. The Labute approximate surface area is 330 Å². The van der Waals surface area contributed by atoms with Gasteiger partial charge in [-0.3, -0.25) is 4.79 Å². The molecule has 0 amide bonds. The van der Waals surface area contributed by atoms with Gasteiger partial charge in [-0.1, -0.05) is 53.2 Å². The van der Waals surface area contributed by atoms with Crippen molar-refractivity contribution in [3.05, 3.63) is 11.6 Å².